The Balaban J connectivity index is 1.18. The number of hydrogen-bond donors (Lipinski definition) is 0. The van der Waals surface area contributed by atoms with Crippen molar-refractivity contribution in [1.82, 2.24) is 4.90 Å². The molecule has 0 amide bonds. The predicted octanol–water partition coefficient (Wildman–Crippen LogP) is 11.3. The molecule has 7 aromatic carbocycles. The minimum absolute atomic E-state index is 0.513. The van der Waals surface area contributed by atoms with Crippen molar-refractivity contribution in [2.45, 2.75) is 22.8 Å². The molecule has 1 aliphatic carbocycles. The quantitative estimate of drug-likeness (QED) is 0.136. The van der Waals surface area contributed by atoms with Gasteiger partial charge in [0.25, 0.3) is 0 Å². The molecule has 2 heterocycles. The zero-order valence-corrected chi connectivity index (χ0v) is 28.9. The molecule has 3 heteroatoms. The first kappa shape index (κ1) is 28.8. The fourth-order valence-electron chi connectivity index (χ4n) is 8.13. The van der Waals surface area contributed by atoms with Crippen LogP contribution in [0.25, 0.3) is 55.1 Å². The van der Waals surface area contributed by atoms with E-state index in [1.807, 2.05) is 11.8 Å². The average Bonchev–Trinajstić information content (AvgIpc) is 3.48. The van der Waals surface area contributed by atoms with Crippen molar-refractivity contribution in [2.75, 3.05) is 7.05 Å². The van der Waals surface area contributed by atoms with Crippen molar-refractivity contribution in [1.29, 1.82) is 0 Å². The highest BCUT2D eigenvalue weighted by molar-refractivity contribution is 7.99. The molecule has 2 aliphatic heterocycles. The van der Waals surface area contributed by atoms with Gasteiger partial charge in [0, 0.05) is 40.9 Å². The second kappa shape index (κ2) is 11.5. The van der Waals surface area contributed by atoms with Crippen LogP contribution in [0.15, 0.2) is 162 Å². The predicted molar refractivity (Wildman–Crippen MR) is 215 cm³/mol. The van der Waals surface area contributed by atoms with Gasteiger partial charge in [-0.2, -0.15) is 0 Å². The second-order valence-corrected chi connectivity index (χ2v) is 16.5. The number of rotatable bonds is 4. The fourth-order valence-corrected chi connectivity index (χ4v) is 12.0. The summed E-state index contributed by atoms with van der Waals surface area (Å²) < 4.78 is 0. The summed E-state index contributed by atoms with van der Waals surface area (Å²) in [5.74, 6) is 0. The summed E-state index contributed by atoms with van der Waals surface area (Å²) in [6.45, 7) is 0.865. The van der Waals surface area contributed by atoms with E-state index in [2.05, 4.69) is 170 Å². The molecule has 1 atom stereocenters. The van der Waals surface area contributed by atoms with E-state index in [1.54, 1.807) is 5.29 Å². The van der Waals surface area contributed by atoms with Gasteiger partial charge in [-0.1, -0.05) is 121 Å². The van der Waals surface area contributed by atoms with E-state index < -0.39 is 7.55 Å². The number of hydrogen-bond acceptors (Lipinski definition) is 2. The molecule has 49 heavy (non-hydrogen) atoms. The molecule has 0 saturated heterocycles. The third-order valence-electron chi connectivity index (χ3n) is 10.3. The maximum atomic E-state index is 2.47. The summed E-state index contributed by atoms with van der Waals surface area (Å²) >= 11 is 1.93. The van der Waals surface area contributed by atoms with Gasteiger partial charge in [0.05, 0.1) is 0 Å². The molecule has 0 saturated carbocycles. The van der Waals surface area contributed by atoms with Crippen LogP contribution in [0.4, 0.5) is 0 Å². The van der Waals surface area contributed by atoms with Gasteiger partial charge in [-0.15, -0.1) is 0 Å². The van der Waals surface area contributed by atoms with Gasteiger partial charge in [0.2, 0.25) is 0 Å². The van der Waals surface area contributed by atoms with Crippen LogP contribution < -0.4 is 10.6 Å². The normalized spacial score (nSPS) is 15.5. The lowest BCUT2D eigenvalue weighted by Gasteiger charge is -2.28. The van der Waals surface area contributed by atoms with Crippen molar-refractivity contribution >= 4 is 79.2 Å². The van der Waals surface area contributed by atoms with E-state index in [9.17, 15) is 0 Å². The van der Waals surface area contributed by atoms with E-state index >= 15 is 0 Å². The second-order valence-electron chi connectivity index (χ2n) is 13.2. The Morgan fingerprint density at radius 3 is 2.27 bits per heavy atom. The molecule has 0 aromatic heterocycles. The molecule has 1 unspecified atom stereocenters. The van der Waals surface area contributed by atoms with Gasteiger partial charge >= 0.3 is 0 Å². The van der Waals surface area contributed by atoms with Crippen LogP contribution in [-0.2, 0) is 6.54 Å². The lowest BCUT2D eigenvalue weighted by Crippen LogP contribution is -2.16. The van der Waals surface area contributed by atoms with Crippen molar-refractivity contribution in [3.05, 3.63) is 169 Å². The van der Waals surface area contributed by atoms with Gasteiger partial charge in [-0.05, 0) is 103 Å². The maximum absolute atomic E-state index is 2.47. The van der Waals surface area contributed by atoms with Crippen LogP contribution in [0.5, 0.6) is 0 Å². The lowest BCUT2D eigenvalue weighted by molar-refractivity contribution is 0.448. The number of allylic oxidation sites excluding steroid dienone is 4. The average molecular weight is 663 g/mol. The number of nitrogens with zero attached hydrogens (tertiary/aromatic N) is 1. The lowest BCUT2D eigenvalue weighted by atomic mass is 9.85. The Bertz CT molecular complexity index is 2640. The van der Waals surface area contributed by atoms with Crippen LogP contribution >= 0.6 is 19.3 Å². The van der Waals surface area contributed by atoms with E-state index in [1.165, 1.54) is 86.1 Å². The highest BCUT2D eigenvalue weighted by atomic mass is 32.2. The zero-order chi connectivity index (χ0) is 32.5. The van der Waals surface area contributed by atoms with Crippen molar-refractivity contribution in [3.8, 4) is 11.1 Å². The molecular weight excluding hydrogens is 630 g/mol. The SMILES string of the molecule is CN1C=Cc2c(c(-c3cc4ccccc4c4ccccc34)c3ccccc3c2Sc2ccc3c(c2)C2=CC=CCC2=[P+]3c2ccccc2)C1. The molecule has 0 bridgehead atoms. The molecule has 0 radical (unpaired) electrons. The van der Waals surface area contributed by atoms with Gasteiger partial charge in [0.1, 0.15) is 5.29 Å². The standard InChI is InChI=1S/C46H33NPS/c1-47-26-25-39-42(29-47)45(41-27-30-13-5-6-16-33(30)34-17-7-8-18-35(34)41)37-20-9-10-21-38(37)46(39)49-32-23-24-44-40(28-32)36-19-11-12-22-43(36)48(44)31-14-3-2-4-15-31/h2-21,23-28H,22,29H2,1H3/q+1. The van der Waals surface area contributed by atoms with E-state index in [4.69, 9.17) is 0 Å². The van der Waals surface area contributed by atoms with Gasteiger partial charge in [-0.25, -0.2) is 0 Å². The molecule has 3 aliphatic rings. The summed E-state index contributed by atoms with van der Waals surface area (Å²) in [7, 11) is 1.68. The van der Waals surface area contributed by atoms with Gasteiger partial charge < -0.3 is 4.90 Å². The molecular formula is C46H33NPS+. The van der Waals surface area contributed by atoms with Crippen molar-refractivity contribution in [3.63, 3.8) is 0 Å². The Morgan fingerprint density at radius 1 is 0.673 bits per heavy atom. The monoisotopic (exact) mass is 662 g/mol. The fraction of sp³-hybridized carbons (Fsp3) is 0.0652. The topological polar surface area (TPSA) is 3.24 Å². The third-order valence-corrected chi connectivity index (χ3v) is 14.1. The molecule has 0 spiro atoms. The van der Waals surface area contributed by atoms with Crippen LogP contribution in [0.2, 0.25) is 0 Å². The highest BCUT2D eigenvalue weighted by Gasteiger charge is 2.38. The zero-order valence-electron chi connectivity index (χ0n) is 27.2. The largest absolute Gasteiger partial charge is 0.376 e. The van der Waals surface area contributed by atoms with E-state index in [-0.39, 0.29) is 0 Å². The van der Waals surface area contributed by atoms with Gasteiger partial charge in [0.15, 0.2) is 18.2 Å². The number of benzene rings is 7. The first-order valence-corrected chi connectivity index (χ1v) is 19.2. The minimum Gasteiger partial charge on any atom is -0.376 e. The molecule has 232 valence electrons. The van der Waals surface area contributed by atoms with E-state index in [0.29, 0.717) is 0 Å². The highest BCUT2D eigenvalue weighted by Crippen LogP contribution is 2.49. The van der Waals surface area contributed by atoms with Gasteiger partial charge in [-0.3, -0.25) is 0 Å². The summed E-state index contributed by atoms with van der Waals surface area (Å²) in [6, 6.07) is 47.7. The Hall–Kier alpha value is -5.14. The minimum atomic E-state index is -0.513. The van der Waals surface area contributed by atoms with Crippen LogP contribution in [0.1, 0.15) is 23.1 Å². The Labute approximate surface area is 292 Å². The Kier molecular flexibility index (Phi) is 6.76. The molecule has 0 fully saturated rings. The molecule has 10 rings (SSSR count). The van der Waals surface area contributed by atoms with Crippen molar-refractivity contribution < 1.29 is 0 Å². The van der Waals surface area contributed by atoms with Crippen LogP contribution in [0.3, 0.4) is 0 Å². The maximum Gasteiger partial charge on any atom is 0.174 e. The molecule has 7 aromatic rings. The summed E-state index contributed by atoms with van der Waals surface area (Å²) in [4.78, 5) is 4.95. The first-order valence-electron chi connectivity index (χ1n) is 17.0. The van der Waals surface area contributed by atoms with Crippen molar-refractivity contribution in [2.24, 2.45) is 0 Å². The van der Waals surface area contributed by atoms with Crippen LogP contribution in [-0.4, -0.2) is 17.2 Å². The molecule has 0 N–H and O–H groups in total. The first-order chi connectivity index (χ1) is 24.2. The summed E-state index contributed by atoms with van der Waals surface area (Å²) in [5.41, 5.74) is 8.25. The Morgan fingerprint density at radius 2 is 1.41 bits per heavy atom. The summed E-state index contributed by atoms with van der Waals surface area (Å²) in [6.07, 6.45) is 12.5. The van der Waals surface area contributed by atoms with E-state index in [0.717, 1.165) is 13.0 Å². The third kappa shape index (κ3) is 4.59. The molecule has 1 nitrogen and oxygen atoms in total. The number of fused-ring (bicyclic) bond motifs is 8. The smallest absolute Gasteiger partial charge is 0.174 e. The van der Waals surface area contributed by atoms with Crippen LogP contribution in [0, 0.1) is 0 Å². The summed E-state index contributed by atoms with van der Waals surface area (Å²) in [5, 5.41) is 12.3.